The van der Waals surface area contributed by atoms with Crippen LogP contribution in [0.4, 0.5) is 4.39 Å². The van der Waals surface area contributed by atoms with Crippen LogP contribution in [0.1, 0.15) is 40.7 Å². The van der Waals surface area contributed by atoms with Gasteiger partial charge in [-0.2, -0.15) is 0 Å². The lowest BCUT2D eigenvalue weighted by atomic mass is 10.0. The van der Waals surface area contributed by atoms with E-state index in [1.54, 1.807) is 37.3 Å². The zero-order valence-electron chi connectivity index (χ0n) is 15.2. The van der Waals surface area contributed by atoms with E-state index in [1.165, 1.54) is 31.4 Å². The first-order valence-corrected chi connectivity index (χ1v) is 8.73. The van der Waals surface area contributed by atoms with E-state index in [0.717, 1.165) is 11.8 Å². The van der Waals surface area contributed by atoms with Crippen molar-refractivity contribution in [2.24, 2.45) is 5.73 Å². The standard InChI is InChI=1S/C18H17FN2O3.C3H6/c1-11-3-2-4-14(18(23)24)17(22)21-10-15(19)16(11)13-7-5-12(9-20)6-8-13;1-2-3-1/h2-8,10H,9,20H2,1H3,(H,21,22)(H,23,24);1-3H2. The van der Waals surface area contributed by atoms with Crippen LogP contribution >= 0.6 is 0 Å². The Hall–Kier alpha value is -2.99. The molecule has 0 atom stereocenters. The molecule has 0 saturated heterocycles. The molecular weight excluding hydrogens is 347 g/mol. The van der Waals surface area contributed by atoms with Crippen molar-refractivity contribution in [2.45, 2.75) is 32.7 Å². The highest BCUT2D eigenvalue weighted by atomic mass is 19.1. The van der Waals surface area contributed by atoms with Crippen molar-refractivity contribution in [3.05, 3.63) is 81.5 Å². The summed E-state index contributed by atoms with van der Waals surface area (Å²) in [5.74, 6) is -2.05. The van der Waals surface area contributed by atoms with E-state index >= 15 is 0 Å². The Morgan fingerprint density at radius 1 is 1.15 bits per heavy atom. The summed E-state index contributed by atoms with van der Waals surface area (Å²) in [4.78, 5) is 25.0. The van der Waals surface area contributed by atoms with Crippen molar-refractivity contribution in [3.63, 3.8) is 0 Å². The molecule has 0 unspecified atom stereocenters. The van der Waals surface area contributed by atoms with Crippen LogP contribution in [0.5, 0.6) is 0 Å². The number of carboxylic acid groups (broad SMARTS) is 1. The van der Waals surface area contributed by atoms with Crippen LogP contribution in [0.2, 0.25) is 0 Å². The van der Waals surface area contributed by atoms with Crippen LogP contribution in [0.25, 0.3) is 11.1 Å². The van der Waals surface area contributed by atoms with Gasteiger partial charge in [-0.15, -0.1) is 0 Å². The number of carbonyl (C=O) groups is 1. The molecule has 142 valence electrons. The molecule has 27 heavy (non-hydrogen) atoms. The van der Waals surface area contributed by atoms with Gasteiger partial charge < -0.3 is 15.8 Å². The molecule has 1 fully saturated rings. The van der Waals surface area contributed by atoms with E-state index in [4.69, 9.17) is 10.8 Å². The number of aryl methyl sites for hydroxylation is 1. The highest BCUT2D eigenvalue weighted by Gasteiger charge is 2.08. The smallest absolute Gasteiger partial charge is 0.341 e. The molecule has 0 aliphatic heterocycles. The Morgan fingerprint density at radius 3 is 2.30 bits per heavy atom. The third-order valence-corrected chi connectivity index (χ3v) is 3.88. The highest BCUT2D eigenvalue weighted by molar-refractivity contribution is 5.86. The molecule has 1 aromatic heterocycles. The monoisotopic (exact) mass is 370 g/mol. The number of aromatic amines is 1. The number of rotatable bonds is 3. The predicted octanol–water partition coefficient (Wildman–Crippen LogP) is 3.94. The van der Waals surface area contributed by atoms with Gasteiger partial charge in [0.25, 0.3) is 5.56 Å². The fraction of sp³-hybridized carbons (Fsp3) is 0.238. The topological polar surface area (TPSA) is 96.2 Å². The van der Waals surface area contributed by atoms with Gasteiger partial charge in [0.2, 0.25) is 0 Å². The van der Waals surface area contributed by atoms with E-state index in [0.29, 0.717) is 23.2 Å². The summed E-state index contributed by atoms with van der Waals surface area (Å²) in [7, 11) is 0. The summed E-state index contributed by atoms with van der Waals surface area (Å²) < 4.78 is 14.6. The Morgan fingerprint density at radius 2 is 1.78 bits per heavy atom. The number of aromatic nitrogens is 1. The molecule has 1 heterocycles. The number of nitrogens with two attached hydrogens (primary N) is 1. The number of hydrogen-bond acceptors (Lipinski definition) is 3. The summed E-state index contributed by atoms with van der Waals surface area (Å²) in [6, 6.07) is 11.2. The summed E-state index contributed by atoms with van der Waals surface area (Å²) in [5.41, 5.74) is 6.63. The van der Waals surface area contributed by atoms with E-state index in [1.807, 2.05) is 0 Å². The van der Waals surface area contributed by atoms with Gasteiger partial charge in [0.05, 0.1) is 0 Å². The van der Waals surface area contributed by atoms with Gasteiger partial charge >= 0.3 is 5.97 Å². The number of halogens is 1. The molecule has 5 nitrogen and oxygen atoms in total. The van der Waals surface area contributed by atoms with Gasteiger partial charge in [-0.05, 0) is 29.7 Å². The van der Waals surface area contributed by atoms with E-state index in [2.05, 4.69) is 4.98 Å². The van der Waals surface area contributed by atoms with Crippen LogP contribution < -0.4 is 11.3 Å². The zero-order valence-corrected chi connectivity index (χ0v) is 15.2. The second kappa shape index (κ2) is 9.64. The van der Waals surface area contributed by atoms with Gasteiger partial charge in [0, 0.05) is 18.3 Å². The number of nitrogens with one attached hydrogen (secondary N) is 1. The molecule has 0 amide bonds. The van der Waals surface area contributed by atoms with Crippen molar-refractivity contribution in [3.8, 4) is 11.1 Å². The van der Waals surface area contributed by atoms with Crippen molar-refractivity contribution < 1.29 is 14.3 Å². The lowest BCUT2D eigenvalue weighted by Crippen LogP contribution is -2.14. The zero-order chi connectivity index (χ0) is 19.8. The van der Waals surface area contributed by atoms with Gasteiger partial charge in [-0.1, -0.05) is 55.7 Å². The van der Waals surface area contributed by atoms with Crippen LogP contribution in [-0.4, -0.2) is 16.1 Å². The van der Waals surface area contributed by atoms with Crippen molar-refractivity contribution in [2.75, 3.05) is 0 Å². The van der Waals surface area contributed by atoms with Crippen molar-refractivity contribution in [1.29, 1.82) is 0 Å². The highest BCUT2D eigenvalue weighted by Crippen LogP contribution is 2.25. The normalized spacial score (nSPS) is 11.7. The molecule has 2 aromatic rings. The lowest BCUT2D eigenvalue weighted by molar-refractivity contribution is 0.0695. The van der Waals surface area contributed by atoms with Gasteiger partial charge in [0.1, 0.15) is 11.4 Å². The quantitative estimate of drug-likeness (QED) is 0.762. The molecular formula is C21H23FN2O3. The maximum atomic E-state index is 14.6. The SMILES string of the molecule is C1CC1.Cc1cccc(C(=O)O)c(=O)[nH]cc(F)c1-c1ccc(CN)cc1. The van der Waals surface area contributed by atoms with Crippen LogP contribution in [0.15, 0.2) is 53.5 Å². The van der Waals surface area contributed by atoms with Crippen LogP contribution in [0, 0.1) is 12.7 Å². The lowest BCUT2D eigenvalue weighted by Gasteiger charge is -2.06. The summed E-state index contributed by atoms with van der Waals surface area (Å²) in [6.07, 6.45) is 5.37. The average Bonchev–Trinajstić information content (AvgIpc) is 3.52. The molecule has 6 heteroatoms. The van der Waals surface area contributed by atoms with Crippen LogP contribution in [-0.2, 0) is 6.54 Å². The number of H-pyrrole nitrogens is 1. The largest absolute Gasteiger partial charge is 0.477 e. The number of aromatic carboxylic acids is 1. The molecule has 4 N–H and O–H groups in total. The first-order chi connectivity index (χ1) is 12.9. The first kappa shape index (κ1) is 20.3. The first-order valence-electron chi connectivity index (χ1n) is 8.73. The van der Waals surface area contributed by atoms with Gasteiger partial charge in [-0.25, -0.2) is 9.18 Å². The van der Waals surface area contributed by atoms with E-state index in [9.17, 15) is 14.0 Å². The third kappa shape index (κ3) is 6.04. The van der Waals surface area contributed by atoms with E-state index < -0.39 is 22.9 Å². The Balaban J connectivity index is 0.000000789. The molecule has 1 saturated carbocycles. The molecule has 0 radical (unpaired) electrons. The number of hydrogen-bond donors (Lipinski definition) is 3. The number of carboxylic acids is 1. The average molecular weight is 370 g/mol. The summed E-state index contributed by atoms with van der Waals surface area (Å²) in [5, 5.41) is 9.00. The minimum Gasteiger partial charge on any atom is -0.477 e. The molecule has 1 aliphatic rings. The van der Waals surface area contributed by atoms with Crippen molar-refractivity contribution in [1.82, 2.24) is 4.98 Å². The molecule has 3 rings (SSSR count). The molecule has 1 aromatic carbocycles. The molecule has 0 spiro atoms. The fourth-order valence-corrected chi connectivity index (χ4v) is 2.26. The van der Waals surface area contributed by atoms with Crippen LogP contribution in [0.3, 0.4) is 0 Å². The minimum atomic E-state index is -1.38. The van der Waals surface area contributed by atoms with Crippen molar-refractivity contribution >= 4 is 5.97 Å². The number of benzene rings is 1. The second-order valence-corrected chi connectivity index (χ2v) is 6.23. The molecule has 1 aliphatic carbocycles. The molecule has 0 bridgehead atoms. The Bertz CT molecular complexity index is 915. The maximum absolute atomic E-state index is 14.6. The second-order valence-electron chi connectivity index (χ2n) is 6.23. The van der Waals surface area contributed by atoms with Gasteiger partial charge in [0.15, 0.2) is 0 Å². The fourth-order valence-electron chi connectivity index (χ4n) is 2.26. The Labute approximate surface area is 157 Å². The maximum Gasteiger partial charge on any atom is 0.341 e. The summed E-state index contributed by atoms with van der Waals surface area (Å²) >= 11 is 0. The van der Waals surface area contributed by atoms with Gasteiger partial charge in [-0.3, -0.25) is 4.79 Å². The summed E-state index contributed by atoms with van der Waals surface area (Å²) in [6.45, 7) is 2.09. The Kier molecular flexibility index (Phi) is 7.25. The van der Waals surface area contributed by atoms with E-state index in [-0.39, 0.29) is 0 Å². The predicted molar refractivity (Wildman–Crippen MR) is 104 cm³/mol. The minimum absolute atomic E-state index is 0.308. The third-order valence-electron chi connectivity index (χ3n) is 3.88.